The van der Waals surface area contributed by atoms with Gasteiger partial charge in [0.15, 0.2) is 0 Å². The molecule has 2 unspecified atom stereocenters. The van der Waals surface area contributed by atoms with E-state index in [2.05, 4.69) is 48.0 Å². The summed E-state index contributed by atoms with van der Waals surface area (Å²) in [7, 11) is 4.51. The van der Waals surface area contributed by atoms with E-state index in [0.717, 1.165) is 12.5 Å². The Hall–Kier alpha value is -0.160. The van der Waals surface area contributed by atoms with Gasteiger partial charge in [-0.1, -0.05) is 6.92 Å². The molecule has 2 atom stereocenters. The lowest BCUT2D eigenvalue weighted by molar-refractivity contribution is 0.105. The summed E-state index contributed by atoms with van der Waals surface area (Å²) in [6.45, 7) is 13.3. The minimum absolute atomic E-state index is 0.661. The standard InChI is InChI=1S/C17H36N4/c1-5-8-21-9-6-16(7-10-21)15(2)18-13-17-14-19(3)11-12-20(17)4/h15-18H,5-14H2,1-4H3. The number of piperazine rings is 1. The normalized spacial score (nSPS) is 28.9. The summed E-state index contributed by atoms with van der Waals surface area (Å²) >= 11 is 0. The molecule has 0 radical (unpaired) electrons. The monoisotopic (exact) mass is 296 g/mol. The molecule has 0 aromatic carbocycles. The zero-order valence-corrected chi connectivity index (χ0v) is 14.6. The summed E-state index contributed by atoms with van der Waals surface area (Å²) in [5.74, 6) is 0.865. The van der Waals surface area contributed by atoms with E-state index in [1.165, 1.54) is 58.5 Å². The van der Waals surface area contributed by atoms with E-state index in [1.54, 1.807) is 0 Å². The second kappa shape index (κ2) is 8.47. The Morgan fingerprint density at radius 1 is 1.10 bits per heavy atom. The predicted octanol–water partition coefficient (Wildman–Crippen LogP) is 1.33. The zero-order valence-electron chi connectivity index (χ0n) is 14.6. The first-order chi connectivity index (χ1) is 10.1. The SMILES string of the molecule is CCCN1CCC(C(C)NCC2CN(C)CCN2C)CC1. The van der Waals surface area contributed by atoms with Gasteiger partial charge in [-0.3, -0.25) is 4.90 Å². The highest BCUT2D eigenvalue weighted by Gasteiger charge is 2.26. The second-order valence-electron chi connectivity index (χ2n) is 7.27. The highest BCUT2D eigenvalue weighted by atomic mass is 15.3. The number of hydrogen-bond acceptors (Lipinski definition) is 4. The summed E-state index contributed by atoms with van der Waals surface area (Å²) in [4.78, 5) is 7.61. The Kier molecular flexibility index (Phi) is 6.93. The molecule has 21 heavy (non-hydrogen) atoms. The van der Waals surface area contributed by atoms with Crippen molar-refractivity contribution in [1.82, 2.24) is 20.0 Å². The van der Waals surface area contributed by atoms with Crippen LogP contribution in [0.4, 0.5) is 0 Å². The van der Waals surface area contributed by atoms with Gasteiger partial charge in [0, 0.05) is 38.3 Å². The average molecular weight is 297 g/mol. The molecule has 2 fully saturated rings. The van der Waals surface area contributed by atoms with Gasteiger partial charge in [-0.25, -0.2) is 0 Å². The number of hydrogen-bond donors (Lipinski definition) is 1. The highest BCUT2D eigenvalue weighted by Crippen LogP contribution is 2.21. The molecule has 0 saturated carbocycles. The second-order valence-corrected chi connectivity index (χ2v) is 7.27. The third kappa shape index (κ3) is 5.20. The molecule has 124 valence electrons. The molecule has 0 aliphatic carbocycles. The van der Waals surface area contributed by atoms with Gasteiger partial charge in [-0.2, -0.15) is 0 Å². The smallest absolute Gasteiger partial charge is 0.0345 e. The van der Waals surface area contributed by atoms with Crippen molar-refractivity contribution in [3.05, 3.63) is 0 Å². The fraction of sp³-hybridized carbons (Fsp3) is 1.00. The molecule has 4 heteroatoms. The Bertz CT molecular complexity index is 289. The van der Waals surface area contributed by atoms with Crippen molar-refractivity contribution in [2.45, 2.75) is 45.2 Å². The number of likely N-dealkylation sites (N-methyl/N-ethyl adjacent to an activating group) is 2. The average Bonchev–Trinajstić information content (AvgIpc) is 2.49. The molecule has 2 saturated heterocycles. The molecule has 0 amide bonds. The maximum atomic E-state index is 3.83. The van der Waals surface area contributed by atoms with Crippen molar-refractivity contribution in [2.24, 2.45) is 5.92 Å². The van der Waals surface area contributed by atoms with Gasteiger partial charge in [0.05, 0.1) is 0 Å². The first-order valence-electron chi connectivity index (χ1n) is 8.94. The Labute approximate surface area is 131 Å². The van der Waals surface area contributed by atoms with Gasteiger partial charge in [0.1, 0.15) is 0 Å². The number of likely N-dealkylation sites (tertiary alicyclic amines) is 1. The zero-order chi connectivity index (χ0) is 15.2. The fourth-order valence-corrected chi connectivity index (χ4v) is 3.80. The third-order valence-corrected chi connectivity index (χ3v) is 5.53. The molecule has 0 aromatic heterocycles. The van der Waals surface area contributed by atoms with Crippen LogP contribution in [0.5, 0.6) is 0 Å². The number of rotatable bonds is 6. The van der Waals surface area contributed by atoms with Gasteiger partial charge in [0.2, 0.25) is 0 Å². The van der Waals surface area contributed by atoms with Crippen LogP contribution in [0.25, 0.3) is 0 Å². The summed E-state index contributed by atoms with van der Waals surface area (Å²) in [6.07, 6.45) is 4.03. The topological polar surface area (TPSA) is 21.8 Å². The molecule has 4 nitrogen and oxygen atoms in total. The minimum atomic E-state index is 0.661. The molecule has 2 rings (SSSR count). The third-order valence-electron chi connectivity index (χ3n) is 5.53. The summed E-state index contributed by atoms with van der Waals surface area (Å²) < 4.78 is 0. The van der Waals surface area contributed by atoms with Crippen LogP contribution in [-0.4, -0.2) is 86.7 Å². The van der Waals surface area contributed by atoms with Crippen LogP contribution < -0.4 is 5.32 Å². The van der Waals surface area contributed by atoms with Crippen molar-refractivity contribution in [3.63, 3.8) is 0 Å². The van der Waals surface area contributed by atoms with Crippen molar-refractivity contribution >= 4 is 0 Å². The first kappa shape index (κ1) is 17.2. The molecular weight excluding hydrogens is 260 g/mol. The van der Waals surface area contributed by atoms with Crippen molar-refractivity contribution < 1.29 is 0 Å². The predicted molar refractivity (Wildman–Crippen MR) is 90.8 cm³/mol. The van der Waals surface area contributed by atoms with Gasteiger partial charge in [0.25, 0.3) is 0 Å². The summed E-state index contributed by atoms with van der Waals surface area (Å²) in [5.41, 5.74) is 0. The van der Waals surface area contributed by atoms with Gasteiger partial charge in [-0.05, 0) is 65.8 Å². The molecule has 2 heterocycles. The maximum Gasteiger partial charge on any atom is 0.0345 e. The van der Waals surface area contributed by atoms with E-state index in [-0.39, 0.29) is 0 Å². The Morgan fingerprint density at radius 2 is 1.81 bits per heavy atom. The Morgan fingerprint density at radius 3 is 2.48 bits per heavy atom. The van der Waals surface area contributed by atoms with Crippen molar-refractivity contribution in [1.29, 1.82) is 0 Å². The maximum absolute atomic E-state index is 3.83. The largest absolute Gasteiger partial charge is 0.312 e. The highest BCUT2D eigenvalue weighted by molar-refractivity contribution is 4.84. The van der Waals surface area contributed by atoms with Gasteiger partial charge < -0.3 is 15.1 Å². The van der Waals surface area contributed by atoms with Crippen LogP contribution in [0.2, 0.25) is 0 Å². The molecule has 0 spiro atoms. The van der Waals surface area contributed by atoms with Crippen LogP contribution in [0.1, 0.15) is 33.1 Å². The molecule has 2 aliphatic heterocycles. The van der Waals surface area contributed by atoms with Crippen LogP contribution in [0.15, 0.2) is 0 Å². The van der Waals surface area contributed by atoms with Gasteiger partial charge >= 0.3 is 0 Å². The fourth-order valence-electron chi connectivity index (χ4n) is 3.80. The molecule has 2 aliphatic rings. The van der Waals surface area contributed by atoms with E-state index >= 15 is 0 Å². The van der Waals surface area contributed by atoms with E-state index < -0.39 is 0 Å². The molecule has 1 N–H and O–H groups in total. The lowest BCUT2D eigenvalue weighted by atomic mass is 9.90. The number of nitrogens with zero attached hydrogens (tertiary/aromatic N) is 3. The van der Waals surface area contributed by atoms with E-state index in [1.807, 2.05) is 0 Å². The number of piperidine rings is 1. The van der Waals surface area contributed by atoms with Crippen LogP contribution in [0, 0.1) is 5.92 Å². The lowest BCUT2D eigenvalue weighted by Gasteiger charge is -2.40. The summed E-state index contributed by atoms with van der Waals surface area (Å²) in [6, 6.07) is 1.33. The Balaban J connectivity index is 1.68. The lowest BCUT2D eigenvalue weighted by Crippen LogP contribution is -2.55. The van der Waals surface area contributed by atoms with E-state index in [0.29, 0.717) is 12.1 Å². The first-order valence-corrected chi connectivity index (χ1v) is 8.94. The van der Waals surface area contributed by atoms with Gasteiger partial charge in [-0.15, -0.1) is 0 Å². The van der Waals surface area contributed by atoms with Crippen molar-refractivity contribution in [3.8, 4) is 0 Å². The van der Waals surface area contributed by atoms with Crippen molar-refractivity contribution in [2.75, 3.05) is 59.9 Å². The molecular formula is C17H36N4. The summed E-state index contributed by atoms with van der Waals surface area (Å²) in [5, 5.41) is 3.83. The molecule has 0 aromatic rings. The van der Waals surface area contributed by atoms with Crippen LogP contribution in [0.3, 0.4) is 0 Å². The minimum Gasteiger partial charge on any atom is -0.312 e. The quantitative estimate of drug-likeness (QED) is 0.798. The number of nitrogens with one attached hydrogen (secondary N) is 1. The van der Waals surface area contributed by atoms with Crippen LogP contribution in [-0.2, 0) is 0 Å². The van der Waals surface area contributed by atoms with E-state index in [4.69, 9.17) is 0 Å². The van der Waals surface area contributed by atoms with E-state index in [9.17, 15) is 0 Å². The van der Waals surface area contributed by atoms with Crippen LogP contribution >= 0.6 is 0 Å². The molecule has 0 bridgehead atoms.